The maximum atomic E-state index is 4.33. The topological polar surface area (TPSA) is 37.8 Å². The highest BCUT2D eigenvalue weighted by Gasteiger charge is 2.17. The van der Waals surface area contributed by atoms with Crippen molar-refractivity contribution in [3.05, 3.63) is 23.8 Å². The van der Waals surface area contributed by atoms with Crippen LogP contribution in [0.1, 0.15) is 36.6 Å². The molecule has 0 unspecified atom stereocenters. The van der Waals surface area contributed by atoms with Crippen LogP contribution in [0.25, 0.3) is 0 Å². The maximum absolute atomic E-state index is 4.33. The van der Waals surface area contributed by atoms with Crippen LogP contribution in [0.15, 0.2) is 12.5 Å². The Morgan fingerprint density at radius 1 is 1.46 bits per heavy atom. The number of nitrogens with zero attached hydrogens (tertiary/aromatic N) is 2. The molecule has 0 aromatic carbocycles. The third-order valence-corrected chi connectivity index (χ3v) is 2.58. The fourth-order valence-corrected chi connectivity index (χ4v) is 1.86. The fraction of sp³-hybridized carbons (Fsp3) is 0.600. The molecule has 1 fully saturated rings. The summed E-state index contributed by atoms with van der Waals surface area (Å²) in [6, 6.07) is 0.455. The quantitative estimate of drug-likeness (QED) is 0.708. The lowest BCUT2D eigenvalue weighted by atomic mass is 10.00. The first kappa shape index (κ1) is 8.63. The molecule has 0 radical (unpaired) electrons. The Bertz CT molecular complexity index is 279. The maximum Gasteiger partial charge on any atom is 0.115 e. The summed E-state index contributed by atoms with van der Waals surface area (Å²) in [7, 11) is 0. The van der Waals surface area contributed by atoms with Gasteiger partial charge in [-0.2, -0.15) is 0 Å². The summed E-state index contributed by atoms with van der Waals surface area (Å²) in [4.78, 5) is 8.33. The van der Waals surface area contributed by atoms with Gasteiger partial charge in [-0.1, -0.05) is 6.42 Å². The van der Waals surface area contributed by atoms with Crippen molar-refractivity contribution in [2.24, 2.45) is 0 Å². The SMILES string of the molecule is Cc1cncnc1[C@@H]1CCCCN1. The lowest BCUT2D eigenvalue weighted by Crippen LogP contribution is -2.28. The first-order chi connectivity index (χ1) is 6.38. The molecular weight excluding hydrogens is 162 g/mol. The van der Waals surface area contributed by atoms with Crippen molar-refractivity contribution in [3.8, 4) is 0 Å². The van der Waals surface area contributed by atoms with Gasteiger partial charge in [0.25, 0.3) is 0 Å². The summed E-state index contributed by atoms with van der Waals surface area (Å²) in [5.74, 6) is 0. The Balaban J connectivity index is 2.18. The Kier molecular flexibility index (Phi) is 2.54. The van der Waals surface area contributed by atoms with E-state index in [9.17, 15) is 0 Å². The number of hydrogen-bond donors (Lipinski definition) is 1. The molecule has 1 N–H and O–H groups in total. The summed E-state index contributed by atoms with van der Waals surface area (Å²) >= 11 is 0. The molecule has 0 aliphatic carbocycles. The molecule has 2 rings (SSSR count). The van der Waals surface area contributed by atoms with Crippen molar-refractivity contribution in [1.29, 1.82) is 0 Å². The highest BCUT2D eigenvalue weighted by Crippen LogP contribution is 2.22. The first-order valence-electron chi connectivity index (χ1n) is 4.88. The smallest absolute Gasteiger partial charge is 0.115 e. The molecule has 1 aliphatic heterocycles. The van der Waals surface area contributed by atoms with Crippen LogP contribution in [0, 0.1) is 6.92 Å². The molecule has 3 nitrogen and oxygen atoms in total. The summed E-state index contributed by atoms with van der Waals surface area (Å²) in [6.07, 6.45) is 7.33. The van der Waals surface area contributed by atoms with Crippen LogP contribution in [-0.4, -0.2) is 16.5 Å². The molecule has 70 valence electrons. The van der Waals surface area contributed by atoms with Crippen molar-refractivity contribution < 1.29 is 0 Å². The molecule has 0 saturated carbocycles. The number of aryl methyl sites for hydroxylation is 1. The predicted molar refractivity (Wildman–Crippen MR) is 51.4 cm³/mol. The van der Waals surface area contributed by atoms with Crippen molar-refractivity contribution in [2.45, 2.75) is 32.2 Å². The third-order valence-electron chi connectivity index (χ3n) is 2.58. The second-order valence-electron chi connectivity index (χ2n) is 3.59. The monoisotopic (exact) mass is 177 g/mol. The van der Waals surface area contributed by atoms with E-state index >= 15 is 0 Å². The van der Waals surface area contributed by atoms with Crippen molar-refractivity contribution in [3.63, 3.8) is 0 Å². The van der Waals surface area contributed by atoms with Crippen LogP contribution in [-0.2, 0) is 0 Å². The second kappa shape index (κ2) is 3.83. The van der Waals surface area contributed by atoms with Gasteiger partial charge in [0.05, 0.1) is 5.69 Å². The van der Waals surface area contributed by atoms with Gasteiger partial charge in [-0.25, -0.2) is 9.97 Å². The molecule has 0 spiro atoms. The molecule has 2 heterocycles. The Hall–Kier alpha value is -0.960. The number of rotatable bonds is 1. The van der Waals surface area contributed by atoms with Crippen LogP contribution < -0.4 is 5.32 Å². The van der Waals surface area contributed by atoms with Crippen LogP contribution >= 0.6 is 0 Å². The van der Waals surface area contributed by atoms with Gasteiger partial charge < -0.3 is 5.32 Å². The highest BCUT2D eigenvalue weighted by atomic mass is 15.0. The number of nitrogens with one attached hydrogen (secondary N) is 1. The van der Waals surface area contributed by atoms with Gasteiger partial charge in [0.2, 0.25) is 0 Å². The van der Waals surface area contributed by atoms with Gasteiger partial charge in [0.15, 0.2) is 0 Å². The van der Waals surface area contributed by atoms with Gasteiger partial charge in [-0.3, -0.25) is 0 Å². The molecule has 13 heavy (non-hydrogen) atoms. The fourth-order valence-electron chi connectivity index (χ4n) is 1.86. The van der Waals surface area contributed by atoms with Crippen LogP contribution in [0.2, 0.25) is 0 Å². The second-order valence-corrected chi connectivity index (χ2v) is 3.59. The van der Waals surface area contributed by atoms with E-state index in [1.165, 1.54) is 30.5 Å². The lowest BCUT2D eigenvalue weighted by molar-refractivity contribution is 0.403. The van der Waals surface area contributed by atoms with E-state index < -0.39 is 0 Å². The summed E-state index contributed by atoms with van der Waals surface area (Å²) in [5, 5.41) is 3.49. The minimum absolute atomic E-state index is 0.455. The molecule has 1 aromatic heterocycles. The molecule has 3 heteroatoms. The average molecular weight is 177 g/mol. The Morgan fingerprint density at radius 2 is 2.38 bits per heavy atom. The minimum Gasteiger partial charge on any atom is -0.309 e. The molecule has 0 amide bonds. The standard InChI is InChI=1S/C10H15N3/c1-8-6-11-7-13-10(8)9-4-2-3-5-12-9/h6-7,9,12H,2-5H2,1H3/t9-/m0/s1. The van der Waals surface area contributed by atoms with E-state index in [0.29, 0.717) is 6.04 Å². The Morgan fingerprint density at radius 3 is 3.08 bits per heavy atom. The van der Waals surface area contributed by atoms with E-state index in [-0.39, 0.29) is 0 Å². The van der Waals surface area contributed by atoms with E-state index in [1.54, 1.807) is 6.33 Å². The van der Waals surface area contributed by atoms with Gasteiger partial charge >= 0.3 is 0 Å². The Labute approximate surface area is 78.6 Å². The van der Waals surface area contributed by atoms with Gasteiger partial charge in [-0.05, 0) is 31.9 Å². The third kappa shape index (κ3) is 1.86. The van der Waals surface area contributed by atoms with Gasteiger partial charge in [-0.15, -0.1) is 0 Å². The zero-order chi connectivity index (χ0) is 9.10. The molecule has 1 aliphatic rings. The lowest BCUT2D eigenvalue weighted by Gasteiger charge is -2.23. The molecular formula is C10H15N3. The summed E-state index contributed by atoms with van der Waals surface area (Å²) in [5.41, 5.74) is 2.37. The largest absolute Gasteiger partial charge is 0.309 e. The normalized spacial score (nSPS) is 23.0. The predicted octanol–water partition coefficient (Wildman–Crippen LogP) is 1.60. The van der Waals surface area contributed by atoms with E-state index in [2.05, 4.69) is 22.2 Å². The summed E-state index contributed by atoms with van der Waals surface area (Å²) < 4.78 is 0. The van der Waals surface area contributed by atoms with E-state index in [0.717, 1.165) is 6.54 Å². The summed E-state index contributed by atoms with van der Waals surface area (Å²) in [6.45, 7) is 3.19. The van der Waals surface area contributed by atoms with Crippen LogP contribution in [0.3, 0.4) is 0 Å². The molecule has 0 bridgehead atoms. The minimum atomic E-state index is 0.455. The first-order valence-corrected chi connectivity index (χ1v) is 4.88. The number of piperidine rings is 1. The zero-order valence-corrected chi connectivity index (χ0v) is 7.95. The average Bonchev–Trinajstić information content (AvgIpc) is 2.20. The van der Waals surface area contributed by atoms with Crippen molar-refractivity contribution >= 4 is 0 Å². The van der Waals surface area contributed by atoms with Gasteiger partial charge in [0, 0.05) is 12.2 Å². The molecule has 1 atom stereocenters. The number of aromatic nitrogens is 2. The molecule has 1 saturated heterocycles. The molecule has 1 aromatic rings. The van der Waals surface area contributed by atoms with Crippen LogP contribution in [0.4, 0.5) is 0 Å². The van der Waals surface area contributed by atoms with Crippen LogP contribution in [0.5, 0.6) is 0 Å². The van der Waals surface area contributed by atoms with E-state index in [4.69, 9.17) is 0 Å². The zero-order valence-electron chi connectivity index (χ0n) is 7.95. The number of hydrogen-bond acceptors (Lipinski definition) is 3. The van der Waals surface area contributed by atoms with Crippen molar-refractivity contribution in [2.75, 3.05) is 6.54 Å². The van der Waals surface area contributed by atoms with E-state index in [1.807, 2.05) is 6.20 Å². The van der Waals surface area contributed by atoms with Crippen molar-refractivity contribution in [1.82, 2.24) is 15.3 Å². The highest BCUT2D eigenvalue weighted by molar-refractivity contribution is 5.17. The van der Waals surface area contributed by atoms with Gasteiger partial charge in [0.1, 0.15) is 6.33 Å².